The van der Waals surface area contributed by atoms with Crippen LogP contribution in [0.4, 0.5) is 0 Å². The van der Waals surface area contributed by atoms with E-state index < -0.39 is 6.10 Å². The summed E-state index contributed by atoms with van der Waals surface area (Å²) in [6.45, 7) is 5.70. The molecule has 3 rings (SSSR count). The maximum absolute atomic E-state index is 12.5. The van der Waals surface area contributed by atoms with Gasteiger partial charge in [0.15, 0.2) is 0 Å². The van der Waals surface area contributed by atoms with Gasteiger partial charge in [0, 0.05) is 38.3 Å². The van der Waals surface area contributed by atoms with Crippen LogP contribution in [0.1, 0.15) is 15.9 Å². The van der Waals surface area contributed by atoms with Crippen molar-refractivity contribution in [3.63, 3.8) is 0 Å². The summed E-state index contributed by atoms with van der Waals surface area (Å²) in [5.74, 6) is 0.888. The molecule has 1 N–H and O–H groups in total. The fraction of sp³-hybridized carbons (Fsp3) is 0.381. The maximum Gasteiger partial charge on any atom is 0.253 e. The van der Waals surface area contributed by atoms with Gasteiger partial charge in [-0.3, -0.25) is 9.69 Å². The number of aryl methyl sites for hydroxylation is 1. The van der Waals surface area contributed by atoms with Crippen LogP contribution < -0.4 is 4.74 Å². The molecule has 0 spiro atoms. The van der Waals surface area contributed by atoms with Crippen molar-refractivity contribution in [1.82, 2.24) is 9.80 Å². The fourth-order valence-electron chi connectivity index (χ4n) is 3.15. The van der Waals surface area contributed by atoms with Crippen LogP contribution in [0.2, 0.25) is 0 Å². The molecular formula is C21H27ClN2O3. The van der Waals surface area contributed by atoms with Gasteiger partial charge in [0.1, 0.15) is 18.5 Å². The van der Waals surface area contributed by atoms with E-state index in [4.69, 9.17) is 4.74 Å². The molecule has 0 radical (unpaired) electrons. The Labute approximate surface area is 167 Å². The molecule has 1 amide bonds. The first kappa shape index (κ1) is 21.2. The molecule has 0 aromatic heterocycles. The lowest BCUT2D eigenvalue weighted by Crippen LogP contribution is -2.50. The van der Waals surface area contributed by atoms with E-state index in [1.54, 1.807) is 0 Å². The lowest BCUT2D eigenvalue weighted by atomic mass is 10.2. The molecule has 1 unspecified atom stereocenters. The number of aliphatic hydroxyl groups is 1. The molecule has 6 heteroatoms. The summed E-state index contributed by atoms with van der Waals surface area (Å²) in [6.07, 6.45) is -0.550. The molecule has 0 saturated carbocycles. The van der Waals surface area contributed by atoms with Crippen molar-refractivity contribution in [2.45, 2.75) is 13.0 Å². The third-order valence-corrected chi connectivity index (χ3v) is 4.67. The number of piperazine rings is 1. The highest BCUT2D eigenvalue weighted by molar-refractivity contribution is 5.94. The summed E-state index contributed by atoms with van der Waals surface area (Å²) in [4.78, 5) is 16.5. The predicted octanol–water partition coefficient (Wildman–Crippen LogP) is 2.61. The number of para-hydroxylation sites is 1. The molecule has 27 heavy (non-hydrogen) atoms. The number of carbonyl (C=O) groups excluding carboxylic acids is 1. The normalized spacial score (nSPS) is 15.7. The minimum Gasteiger partial charge on any atom is -0.491 e. The Hall–Kier alpha value is -2.08. The van der Waals surface area contributed by atoms with E-state index >= 15 is 0 Å². The van der Waals surface area contributed by atoms with Gasteiger partial charge in [0.05, 0.1) is 0 Å². The van der Waals surface area contributed by atoms with Crippen LogP contribution in [-0.4, -0.2) is 66.2 Å². The minimum atomic E-state index is -0.550. The number of nitrogens with zero attached hydrogens (tertiary/aromatic N) is 2. The highest BCUT2D eigenvalue weighted by Crippen LogP contribution is 2.16. The third-order valence-electron chi connectivity index (χ3n) is 4.67. The number of aliphatic hydroxyl groups excluding tert-OH is 1. The number of halogens is 1. The second-order valence-electron chi connectivity index (χ2n) is 6.69. The minimum absolute atomic E-state index is 0. The second-order valence-corrected chi connectivity index (χ2v) is 6.69. The number of rotatable bonds is 6. The number of hydrogen-bond donors (Lipinski definition) is 1. The summed E-state index contributed by atoms with van der Waals surface area (Å²) in [5.41, 5.74) is 1.79. The molecule has 1 atom stereocenters. The first-order valence-corrected chi connectivity index (χ1v) is 9.06. The van der Waals surface area contributed by atoms with Crippen LogP contribution in [0, 0.1) is 6.92 Å². The summed E-state index contributed by atoms with van der Waals surface area (Å²) >= 11 is 0. The Bertz CT molecular complexity index is 718. The Kier molecular flexibility index (Phi) is 8.10. The first-order valence-electron chi connectivity index (χ1n) is 9.06. The topological polar surface area (TPSA) is 53.0 Å². The molecular weight excluding hydrogens is 364 g/mol. The van der Waals surface area contributed by atoms with E-state index in [0.29, 0.717) is 19.6 Å². The van der Waals surface area contributed by atoms with E-state index in [-0.39, 0.29) is 24.9 Å². The number of ether oxygens (including phenoxy) is 1. The van der Waals surface area contributed by atoms with Gasteiger partial charge in [0.25, 0.3) is 5.91 Å². The molecule has 1 aliphatic heterocycles. The molecule has 2 aromatic carbocycles. The standard InChI is InChI=1S/C21H26N2O3.ClH/c1-17-7-5-6-10-20(17)26-16-19(24)15-22-11-13-23(14-12-22)21(25)18-8-3-2-4-9-18;/h2-10,19,24H,11-16H2,1H3;1H. The van der Waals surface area contributed by atoms with Crippen molar-refractivity contribution in [3.8, 4) is 5.75 Å². The SMILES string of the molecule is Cc1ccccc1OCC(O)CN1CCN(C(=O)c2ccccc2)CC1.Cl. The monoisotopic (exact) mass is 390 g/mol. The van der Waals surface area contributed by atoms with E-state index in [1.165, 1.54) is 0 Å². The van der Waals surface area contributed by atoms with Gasteiger partial charge >= 0.3 is 0 Å². The number of β-amino-alcohol motifs (C(OH)–C–C–N with tert-alkyl or cyclic N) is 1. The molecule has 1 saturated heterocycles. The van der Waals surface area contributed by atoms with Crippen molar-refractivity contribution in [2.24, 2.45) is 0 Å². The van der Waals surface area contributed by atoms with Gasteiger partial charge in [-0.15, -0.1) is 12.4 Å². The third kappa shape index (κ3) is 5.96. The Balaban J connectivity index is 0.00000261. The van der Waals surface area contributed by atoms with Crippen LogP contribution in [0.15, 0.2) is 54.6 Å². The lowest BCUT2D eigenvalue weighted by molar-refractivity contribution is 0.0403. The average Bonchev–Trinajstić information content (AvgIpc) is 2.68. The summed E-state index contributed by atoms with van der Waals surface area (Å²) in [5, 5.41) is 10.3. The first-order chi connectivity index (χ1) is 12.6. The van der Waals surface area contributed by atoms with Crippen molar-refractivity contribution in [2.75, 3.05) is 39.3 Å². The maximum atomic E-state index is 12.5. The molecule has 0 bridgehead atoms. The zero-order valence-electron chi connectivity index (χ0n) is 15.6. The van der Waals surface area contributed by atoms with Gasteiger partial charge < -0.3 is 14.7 Å². The number of carbonyl (C=O) groups is 1. The molecule has 1 fully saturated rings. The Morgan fingerprint density at radius 1 is 1.04 bits per heavy atom. The highest BCUT2D eigenvalue weighted by Gasteiger charge is 2.23. The molecule has 1 aliphatic rings. The van der Waals surface area contributed by atoms with Gasteiger partial charge in [-0.05, 0) is 30.7 Å². The summed E-state index contributed by atoms with van der Waals surface area (Å²) < 4.78 is 5.72. The zero-order valence-corrected chi connectivity index (χ0v) is 16.4. The van der Waals surface area contributed by atoms with Crippen molar-refractivity contribution in [3.05, 3.63) is 65.7 Å². The van der Waals surface area contributed by atoms with Crippen LogP contribution in [0.25, 0.3) is 0 Å². The lowest BCUT2D eigenvalue weighted by Gasteiger charge is -2.35. The Morgan fingerprint density at radius 2 is 1.67 bits per heavy atom. The van der Waals surface area contributed by atoms with Gasteiger partial charge in [0.2, 0.25) is 0 Å². The molecule has 2 aromatic rings. The summed E-state index contributed by atoms with van der Waals surface area (Å²) in [7, 11) is 0. The predicted molar refractivity (Wildman–Crippen MR) is 109 cm³/mol. The average molecular weight is 391 g/mol. The van der Waals surface area contributed by atoms with Crippen molar-refractivity contribution in [1.29, 1.82) is 0 Å². The quantitative estimate of drug-likeness (QED) is 0.823. The van der Waals surface area contributed by atoms with E-state index in [2.05, 4.69) is 4.90 Å². The Morgan fingerprint density at radius 3 is 2.33 bits per heavy atom. The molecule has 5 nitrogen and oxygen atoms in total. The van der Waals surface area contributed by atoms with Crippen LogP contribution in [-0.2, 0) is 0 Å². The fourth-order valence-corrected chi connectivity index (χ4v) is 3.15. The van der Waals surface area contributed by atoms with E-state index in [1.807, 2.05) is 66.4 Å². The van der Waals surface area contributed by atoms with E-state index in [0.717, 1.165) is 30.0 Å². The number of amides is 1. The van der Waals surface area contributed by atoms with Crippen LogP contribution >= 0.6 is 12.4 Å². The zero-order chi connectivity index (χ0) is 18.4. The van der Waals surface area contributed by atoms with Crippen molar-refractivity contribution < 1.29 is 14.6 Å². The van der Waals surface area contributed by atoms with E-state index in [9.17, 15) is 9.90 Å². The van der Waals surface area contributed by atoms with Crippen molar-refractivity contribution >= 4 is 18.3 Å². The molecule has 1 heterocycles. The second kappa shape index (κ2) is 10.3. The van der Waals surface area contributed by atoms with Crippen LogP contribution in [0.5, 0.6) is 5.75 Å². The largest absolute Gasteiger partial charge is 0.491 e. The number of hydrogen-bond acceptors (Lipinski definition) is 4. The van der Waals surface area contributed by atoms with Gasteiger partial charge in [-0.1, -0.05) is 36.4 Å². The summed E-state index contributed by atoms with van der Waals surface area (Å²) in [6, 6.07) is 17.2. The van der Waals surface area contributed by atoms with Gasteiger partial charge in [-0.2, -0.15) is 0 Å². The number of benzene rings is 2. The highest BCUT2D eigenvalue weighted by atomic mass is 35.5. The molecule has 146 valence electrons. The molecule has 0 aliphatic carbocycles. The smallest absolute Gasteiger partial charge is 0.253 e. The van der Waals surface area contributed by atoms with Gasteiger partial charge in [-0.25, -0.2) is 0 Å². The van der Waals surface area contributed by atoms with Crippen LogP contribution in [0.3, 0.4) is 0 Å².